The Balaban J connectivity index is 2.15. The van der Waals surface area contributed by atoms with Gasteiger partial charge < -0.3 is 29.6 Å². The van der Waals surface area contributed by atoms with Crippen molar-refractivity contribution >= 4 is 29.5 Å². The highest BCUT2D eigenvalue weighted by Crippen LogP contribution is 2.44. The third-order valence-electron chi connectivity index (χ3n) is 5.75. The van der Waals surface area contributed by atoms with Gasteiger partial charge >= 0.3 is 12.2 Å². The van der Waals surface area contributed by atoms with Crippen molar-refractivity contribution in [2.45, 2.75) is 45.8 Å². The van der Waals surface area contributed by atoms with E-state index >= 15 is 0 Å². The third-order valence-corrected chi connectivity index (χ3v) is 5.75. The van der Waals surface area contributed by atoms with Crippen molar-refractivity contribution in [2.24, 2.45) is 5.92 Å². The molecule has 1 aliphatic heterocycles. The van der Waals surface area contributed by atoms with Gasteiger partial charge in [0, 0.05) is 16.8 Å². The van der Waals surface area contributed by atoms with E-state index in [4.69, 9.17) is 18.9 Å². The molecule has 1 aromatic heterocycles. The number of rotatable bonds is 9. The van der Waals surface area contributed by atoms with Crippen molar-refractivity contribution in [2.75, 3.05) is 31.0 Å². The van der Waals surface area contributed by atoms with Crippen molar-refractivity contribution in [3.63, 3.8) is 0 Å². The van der Waals surface area contributed by atoms with Crippen molar-refractivity contribution in [3.05, 3.63) is 55.3 Å². The number of nitrogens with zero attached hydrogens (tertiary/aromatic N) is 1. The summed E-state index contributed by atoms with van der Waals surface area (Å²) in [6.07, 6.45) is 2.27. The van der Waals surface area contributed by atoms with Crippen LogP contribution in [0.4, 0.5) is 21.0 Å². The minimum Gasteiger partial charge on any atom is -0.484 e. The number of anilines is 2. The monoisotopic (exact) mass is 552 g/mol. The molecular formula is C29H36N4O7. The highest BCUT2D eigenvalue weighted by molar-refractivity contribution is 6.00. The molecule has 11 heteroatoms. The van der Waals surface area contributed by atoms with Crippen LogP contribution in [0.1, 0.15) is 45.9 Å². The second-order valence-electron chi connectivity index (χ2n) is 10.0. The summed E-state index contributed by atoms with van der Waals surface area (Å²) in [5.74, 6) is -0.164. The highest BCUT2D eigenvalue weighted by atomic mass is 16.6. The number of alkyl carbamates (subject to hydrolysis) is 1. The molecule has 0 saturated carbocycles. The fraction of sp³-hybridized carbons (Fsp3) is 0.379. The van der Waals surface area contributed by atoms with E-state index in [0.717, 1.165) is 0 Å². The van der Waals surface area contributed by atoms with Crippen molar-refractivity contribution in [1.82, 2.24) is 10.3 Å². The smallest absolute Gasteiger partial charge is 0.411 e. The number of nitrogens with one attached hydrogen (secondary N) is 3. The molecule has 0 aliphatic carbocycles. The SMILES string of the molecule is C=CC[C@H](NC(=O)OC(C)(C)C)c1cc(-c2ccc(NC(=O)OC)cc2NC(=O)[C@H](C)C=C)c2c(n1)OCCO2. The molecule has 214 valence electrons. The first-order valence-electron chi connectivity index (χ1n) is 12.8. The highest BCUT2D eigenvalue weighted by Gasteiger charge is 2.27. The lowest BCUT2D eigenvalue weighted by Gasteiger charge is -2.26. The number of ether oxygens (including phenoxy) is 4. The number of aromatic nitrogens is 1. The van der Waals surface area contributed by atoms with Crippen LogP contribution in [0.5, 0.6) is 11.6 Å². The zero-order valence-corrected chi connectivity index (χ0v) is 23.5. The predicted molar refractivity (Wildman–Crippen MR) is 152 cm³/mol. The van der Waals surface area contributed by atoms with Crippen LogP contribution in [0.2, 0.25) is 0 Å². The van der Waals surface area contributed by atoms with Crippen LogP contribution in [-0.4, -0.2) is 49.0 Å². The van der Waals surface area contributed by atoms with Crippen molar-refractivity contribution in [3.8, 4) is 22.8 Å². The summed E-state index contributed by atoms with van der Waals surface area (Å²) in [5, 5.41) is 8.36. The largest absolute Gasteiger partial charge is 0.484 e. The fourth-order valence-electron chi connectivity index (χ4n) is 3.78. The summed E-state index contributed by atoms with van der Waals surface area (Å²) in [7, 11) is 1.26. The Morgan fingerprint density at radius 1 is 1.07 bits per heavy atom. The van der Waals surface area contributed by atoms with E-state index in [0.29, 0.717) is 47.0 Å². The number of carbonyl (C=O) groups excluding carboxylic acids is 3. The van der Waals surface area contributed by atoms with Crippen LogP contribution < -0.4 is 25.4 Å². The molecule has 3 N–H and O–H groups in total. The number of fused-ring (bicyclic) bond motifs is 1. The number of methoxy groups -OCH3 is 1. The molecule has 0 spiro atoms. The Kier molecular flexibility index (Phi) is 9.76. The number of pyridine rings is 1. The molecule has 0 radical (unpaired) electrons. The van der Waals surface area contributed by atoms with Gasteiger partial charge in [-0.05, 0) is 45.4 Å². The summed E-state index contributed by atoms with van der Waals surface area (Å²) < 4.78 is 21.9. The molecular weight excluding hydrogens is 516 g/mol. The maximum atomic E-state index is 12.9. The van der Waals surface area contributed by atoms with Gasteiger partial charge in [-0.3, -0.25) is 10.1 Å². The minimum absolute atomic E-state index is 0.243. The molecule has 2 heterocycles. The molecule has 11 nitrogen and oxygen atoms in total. The Labute approximate surface area is 233 Å². The first-order valence-corrected chi connectivity index (χ1v) is 12.8. The zero-order valence-electron chi connectivity index (χ0n) is 23.5. The molecule has 2 aromatic rings. The normalized spacial score (nSPS) is 13.7. The van der Waals surface area contributed by atoms with Gasteiger partial charge in [0.2, 0.25) is 5.91 Å². The maximum Gasteiger partial charge on any atom is 0.411 e. The molecule has 40 heavy (non-hydrogen) atoms. The predicted octanol–water partition coefficient (Wildman–Crippen LogP) is 5.60. The Morgan fingerprint density at radius 3 is 2.45 bits per heavy atom. The molecule has 3 rings (SSSR count). The van der Waals surface area contributed by atoms with Gasteiger partial charge in [0.1, 0.15) is 18.8 Å². The van der Waals surface area contributed by atoms with Crippen molar-refractivity contribution < 1.29 is 33.3 Å². The number of hydrogen-bond acceptors (Lipinski definition) is 8. The van der Waals surface area contributed by atoms with Gasteiger partial charge in [0.05, 0.1) is 30.5 Å². The molecule has 1 aliphatic rings. The number of carbonyl (C=O) groups is 3. The Hall–Kier alpha value is -4.54. The topological polar surface area (TPSA) is 137 Å². The quantitative estimate of drug-likeness (QED) is 0.342. The van der Waals surface area contributed by atoms with Gasteiger partial charge in [0.15, 0.2) is 5.75 Å². The van der Waals surface area contributed by atoms with Gasteiger partial charge in [-0.2, -0.15) is 0 Å². The first-order chi connectivity index (χ1) is 18.9. The summed E-state index contributed by atoms with van der Waals surface area (Å²) in [6.45, 7) is 15.1. The van der Waals surface area contributed by atoms with E-state index < -0.39 is 29.7 Å². The zero-order chi connectivity index (χ0) is 29.4. The Bertz CT molecular complexity index is 1290. The van der Waals surface area contributed by atoms with E-state index in [1.165, 1.54) is 13.2 Å². The lowest BCUT2D eigenvalue weighted by Crippen LogP contribution is -2.35. The number of benzene rings is 1. The lowest BCUT2D eigenvalue weighted by molar-refractivity contribution is -0.118. The van der Waals surface area contributed by atoms with Crippen molar-refractivity contribution in [1.29, 1.82) is 0 Å². The van der Waals surface area contributed by atoms with Gasteiger partial charge in [-0.1, -0.05) is 25.1 Å². The van der Waals surface area contributed by atoms with E-state index in [1.807, 2.05) is 0 Å². The first kappa shape index (κ1) is 30.0. The maximum absolute atomic E-state index is 12.9. The van der Waals surface area contributed by atoms with Crippen LogP contribution in [0.25, 0.3) is 11.1 Å². The molecule has 3 amide bonds. The van der Waals surface area contributed by atoms with E-state index in [-0.39, 0.29) is 18.4 Å². The van der Waals surface area contributed by atoms with Gasteiger partial charge in [-0.25, -0.2) is 14.6 Å². The minimum atomic E-state index is -0.691. The third kappa shape index (κ3) is 7.75. The van der Waals surface area contributed by atoms with Gasteiger partial charge in [0.25, 0.3) is 5.88 Å². The van der Waals surface area contributed by atoms with Crippen LogP contribution >= 0.6 is 0 Å². The Morgan fingerprint density at radius 2 is 1.80 bits per heavy atom. The molecule has 0 unspecified atom stereocenters. The molecule has 0 fully saturated rings. The average molecular weight is 553 g/mol. The average Bonchev–Trinajstić information content (AvgIpc) is 2.90. The number of amides is 3. The molecule has 0 saturated heterocycles. The molecule has 1 aromatic carbocycles. The lowest BCUT2D eigenvalue weighted by atomic mass is 9.98. The van der Waals surface area contributed by atoms with E-state index in [9.17, 15) is 14.4 Å². The summed E-state index contributed by atoms with van der Waals surface area (Å²) in [6, 6.07) is 6.15. The fourth-order valence-corrected chi connectivity index (χ4v) is 3.78. The summed E-state index contributed by atoms with van der Waals surface area (Å²) >= 11 is 0. The molecule has 2 atom stereocenters. The number of hydrogen-bond donors (Lipinski definition) is 3. The van der Waals surface area contributed by atoms with E-state index in [1.54, 1.807) is 58.0 Å². The van der Waals surface area contributed by atoms with E-state index in [2.05, 4.69) is 34.1 Å². The standard InChI is InChI=1S/C29H36N4O7/c1-8-10-21(33-28(36)40-29(4,5)6)23-16-20(24-26(32-23)39-14-13-38-24)19-12-11-18(30-27(35)37-7)15-22(19)31-25(34)17(3)9-2/h8-9,11-12,15-17,21H,1-2,10,13-14H2,3-7H3,(H,30,35)(H,31,34)(H,33,36)/t17-,21+/m1/s1. The molecule has 0 bridgehead atoms. The second kappa shape index (κ2) is 13.0. The second-order valence-corrected chi connectivity index (χ2v) is 10.0. The summed E-state index contributed by atoms with van der Waals surface area (Å²) in [5.41, 5.74) is 1.70. The van der Waals surface area contributed by atoms with Gasteiger partial charge in [-0.15, -0.1) is 13.2 Å². The van der Waals surface area contributed by atoms with Crippen LogP contribution in [-0.2, 0) is 14.3 Å². The van der Waals surface area contributed by atoms with Crippen LogP contribution in [0, 0.1) is 5.92 Å². The summed E-state index contributed by atoms with van der Waals surface area (Å²) in [4.78, 5) is 42.0. The van der Waals surface area contributed by atoms with Crippen LogP contribution in [0.3, 0.4) is 0 Å². The van der Waals surface area contributed by atoms with Crippen LogP contribution in [0.15, 0.2) is 49.6 Å².